The Balaban J connectivity index is 1.97. The molecule has 2 rings (SSSR count). The van der Waals surface area contributed by atoms with Crippen LogP contribution in [0.1, 0.15) is 24.5 Å². The first-order valence-electron chi connectivity index (χ1n) is 7.42. The van der Waals surface area contributed by atoms with Crippen LogP contribution in [0.3, 0.4) is 0 Å². The number of carbonyl (C=O) groups is 1. The number of hydrogen-bond acceptors (Lipinski definition) is 3. The largest absolute Gasteiger partial charge is 0.321 e. The zero-order valence-electron chi connectivity index (χ0n) is 13.0. The maximum Gasteiger partial charge on any atom is 0.321 e. The number of nitrogens with one attached hydrogen (secondary N) is 1. The van der Waals surface area contributed by atoms with Gasteiger partial charge in [0, 0.05) is 18.8 Å². The minimum absolute atomic E-state index is 0.0652. The number of nitrogens with zero attached hydrogens (tertiary/aromatic N) is 1. The Labute approximate surface area is 131 Å². The SMILES string of the molecule is CCN(C(=O)N/C=C/c1ccccc1C)C1CCS(=O)(=O)C1. The Morgan fingerprint density at radius 3 is 2.73 bits per heavy atom. The summed E-state index contributed by atoms with van der Waals surface area (Å²) < 4.78 is 23.1. The van der Waals surface area contributed by atoms with Gasteiger partial charge in [-0.05, 0) is 37.5 Å². The Morgan fingerprint density at radius 2 is 2.14 bits per heavy atom. The molecule has 0 saturated carbocycles. The topological polar surface area (TPSA) is 66.5 Å². The van der Waals surface area contributed by atoms with E-state index in [1.807, 2.05) is 44.2 Å². The van der Waals surface area contributed by atoms with E-state index in [9.17, 15) is 13.2 Å². The van der Waals surface area contributed by atoms with Crippen LogP contribution < -0.4 is 5.32 Å². The first-order chi connectivity index (χ1) is 10.4. The lowest BCUT2D eigenvalue weighted by Crippen LogP contribution is -2.45. The molecule has 0 aromatic heterocycles. The van der Waals surface area contributed by atoms with Gasteiger partial charge < -0.3 is 10.2 Å². The lowest BCUT2D eigenvalue weighted by Gasteiger charge is -2.26. The summed E-state index contributed by atoms with van der Waals surface area (Å²) in [5.41, 5.74) is 2.16. The highest BCUT2D eigenvalue weighted by Gasteiger charge is 2.33. The summed E-state index contributed by atoms with van der Waals surface area (Å²) in [6.07, 6.45) is 3.97. The van der Waals surface area contributed by atoms with Crippen molar-refractivity contribution in [1.29, 1.82) is 0 Å². The molecular formula is C16H22N2O3S. The van der Waals surface area contributed by atoms with Gasteiger partial charge in [-0.1, -0.05) is 24.3 Å². The van der Waals surface area contributed by atoms with Crippen molar-refractivity contribution in [2.75, 3.05) is 18.1 Å². The summed E-state index contributed by atoms with van der Waals surface area (Å²) in [4.78, 5) is 13.8. The number of hydrogen-bond donors (Lipinski definition) is 1. The molecule has 1 aromatic rings. The normalized spacial score (nSPS) is 20.2. The molecule has 1 unspecified atom stereocenters. The van der Waals surface area contributed by atoms with E-state index in [4.69, 9.17) is 0 Å². The zero-order valence-corrected chi connectivity index (χ0v) is 13.8. The molecule has 5 nitrogen and oxygen atoms in total. The van der Waals surface area contributed by atoms with Crippen LogP contribution in [-0.4, -0.2) is 43.4 Å². The quantitative estimate of drug-likeness (QED) is 0.924. The third-order valence-corrected chi connectivity index (χ3v) is 5.66. The van der Waals surface area contributed by atoms with E-state index in [1.54, 1.807) is 11.1 Å². The summed E-state index contributed by atoms with van der Waals surface area (Å²) in [5.74, 6) is 0.232. The molecule has 6 heteroatoms. The lowest BCUT2D eigenvalue weighted by atomic mass is 10.1. The van der Waals surface area contributed by atoms with Crippen molar-refractivity contribution in [2.24, 2.45) is 0 Å². The van der Waals surface area contributed by atoms with E-state index in [2.05, 4.69) is 5.32 Å². The maximum atomic E-state index is 12.2. The third kappa shape index (κ3) is 4.10. The minimum atomic E-state index is -2.99. The smallest absolute Gasteiger partial charge is 0.321 e. The molecule has 0 bridgehead atoms. The molecule has 0 radical (unpaired) electrons. The highest BCUT2D eigenvalue weighted by Crippen LogP contribution is 2.17. The monoisotopic (exact) mass is 322 g/mol. The van der Waals surface area contributed by atoms with Crippen LogP contribution in [0.4, 0.5) is 4.79 Å². The predicted octanol–water partition coefficient (Wildman–Crippen LogP) is 2.18. The Kier molecular flexibility index (Phi) is 5.24. The van der Waals surface area contributed by atoms with Crippen LogP contribution >= 0.6 is 0 Å². The molecule has 1 aromatic carbocycles. The third-order valence-electron chi connectivity index (χ3n) is 3.91. The highest BCUT2D eigenvalue weighted by atomic mass is 32.2. The molecule has 1 fully saturated rings. The zero-order chi connectivity index (χ0) is 16.2. The number of carbonyl (C=O) groups excluding carboxylic acids is 1. The van der Waals surface area contributed by atoms with E-state index in [-0.39, 0.29) is 23.6 Å². The van der Waals surface area contributed by atoms with Crippen molar-refractivity contribution in [3.05, 3.63) is 41.6 Å². The average Bonchev–Trinajstić information content (AvgIpc) is 2.82. The first-order valence-corrected chi connectivity index (χ1v) is 9.25. The van der Waals surface area contributed by atoms with Crippen molar-refractivity contribution in [2.45, 2.75) is 26.3 Å². The second-order valence-electron chi connectivity index (χ2n) is 5.48. The van der Waals surface area contributed by atoms with Gasteiger partial charge in [-0.25, -0.2) is 13.2 Å². The van der Waals surface area contributed by atoms with Gasteiger partial charge in [0.2, 0.25) is 0 Å². The average molecular weight is 322 g/mol. The van der Waals surface area contributed by atoms with Gasteiger partial charge in [0.25, 0.3) is 0 Å². The summed E-state index contributed by atoms with van der Waals surface area (Å²) >= 11 is 0. The second-order valence-corrected chi connectivity index (χ2v) is 7.71. The molecule has 1 heterocycles. The van der Waals surface area contributed by atoms with Crippen LogP contribution in [0.2, 0.25) is 0 Å². The van der Waals surface area contributed by atoms with Crippen LogP contribution in [0.5, 0.6) is 0 Å². The fourth-order valence-corrected chi connectivity index (χ4v) is 4.38. The molecule has 1 aliphatic rings. The van der Waals surface area contributed by atoms with Gasteiger partial charge in [-0.2, -0.15) is 0 Å². The molecule has 1 saturated heterocycles. The molecular weight excluding hydrogens is 300 g/mol. The van der Waals surface area contributed by atoms with Gasteiger partial charge in [-0.15, -0.1) is 0 Å². The Hall–Kier alpha value is -1.82. The van der Waals surface area contributed by atoms with Crippen LogP contribution in [0.25, 0.3) is 6.08 Å². The van der Waals surface area contributed by atoms with E-state index in [0.717, 1.165) is 11.1 Å². The molecule has 1 N–H and O–H groups in total. The van der Waals surface area contributed by atoms with E-state index in [1.165, 1.54) is 0 Å². The molecule has 2 amide bonds. The standard InChI is InChI=1S/C16H22N2O3S/c1-3-18(15-9-11-22(20,21)12-15)16(19)17-10-8-14-7-5-4-6-13(14)2/h4-8,10,15H,3,9,11-12H2,1-2H3,(H,17,19)/b10-8+. The number of benzene rings is 1. The van der Waals surface area contributed by atoms with Crippen molar-refractivity contribution < 1.29 is 13.2 Å². The number of urea groups is 1. The second kappa shape index (κ2) is 6.96. The fourth-order valence-electron chi connectivity index (χ4n) is 2.65. The molecule has 0 aliphatic carbocycles. The minimum Gasteiger partial charge on any atom is -0.321 e. The molecule has 22 heavy (non-hydrogen) atoms. The number of sulfone groups is 1. The van der Waals surface area contributed by atoms with Gasteiger partial charge >= 0.3 is 6.03 Å². The number of aryl methyl sites for hydroxylation is 1. The Morgan fingerprint density at radius 1 is 1.41 bits per heavy atom. The highest BCUT2D eigenvalue weighted by molar-refractivity contribution is 7.91. The van der Waals surface area contributed by atoms with E-state index in [0.29, 0.717) is 13.0 Å². The van der Waals surface area contributed by atoms with Crippen molar-refractivity contribution in [3.8, 4) is 0 Å². The first kappa shape index (κ1) is 16.5. The van der Waals surface area contributed by atoms with Gasteiger partial charge in [-0.3, -0.25) is 0 Å². The van der Waals surface area contributed by atoms with E-state index >= 15 is 0 Å². The van der Waals surface area contributed by atoms with Crippen molar-refractivity contribution in [3.63, 3.8) is 0 Å². The summed E-state index contributed by atoms with van der Waals surface area (Å²) in [6, 6.07) is 7.40. The van der Waals surface area contributed by atoms with Crippen molar-refractivity contribution >= 4 is 21.9 Å². The maximum absolute atomic E-state index is 12.2. The van der Waals surface area contributed by atoms with Crippen molar-refractivity contribution in [1.82, 2.24) is 10.2 Å². The molecule has 1 aliphatic heterocycles. The summed E-state index contributed by atoms with van der Waals surface area (Å²) in [6.45, 7) is 4.35. The summed E-state index contributed by atoms with van der Waals surface area (Å²) in [5, 5.41) is 2.73. The van der Waals surface area contributed by atoms with Crippen LogP contribution in [-0.2, 0) is 9.84 Å². The summed E-state index contributed by atoms with van der Waals surface area (Å²) in [7, 11) is -2.99. The van der Waals surface area contributed by atoms with Gasteiger partial charge in [0.15, 0.2) is 9.84 Å². The van der Waals surface area contributed by atoms with E-state index < -0.39 is 9.84 Å². The molecule has 1 atom stereocenters. The predicted molar refractivity (Wildman–Crippen MR) is 88.2 cm³/mol. The van der Waals surface area contributed by atoms with Crippen LogP contribution in [0, 0.1) is 6.92 Å². The molecule has 120 valence electrons. The van der Waals surface area contributed by atoms with Crippen LogP contribution in [0.15, 0.2) is 30.5 Å². The van der Waals surface area contributed by atoms with Gasteiger partial charge in [0.1, 0.15) is 0 Å². The Bertz CT molecular complexity index is 668. The van der Waals surface area contributed by atoms with Gasteiger partial charge in [0.05, 0.1) is 11.5 Å². The number of rotatable bonds is 4. The molecule has 0 spiro atoms. The fraction of sp³-hybridized carbons (Fsp3) is 0.438. The number of amides is 2. The lowest BCUT2D eigenvalue weighted by molar-refractivity contribution is 0.187.